The Morgan fingerprint density at radius 1 is 1.55 bits per heavy atom. The predicted molar refractivity (Wildman–Crippen MR) is 85.1 cm³/mol. The molecule has 116 valence electrons. The highest BCUT2D eigenvalue weighted by atomic mass is 16.5. The SMILES string of the molecule is CCCC(=O)Nc1ccc(N/N=C(\C#N)C(=N)N)cc1OC. The van der Waals surface area contributed by atoms with Crippen LogP contribution in [0.4, 0.5) is 11.4 Å². The lowest BCUT2D eigenvalue weighted by molar-refractivity contribution is -0.116. The van der Waals surface area contributed by atoms with Crippen LogP contribution in [0.3, 0.4) is 0 Å². The van der Waals surface area contributed by atoms with Gasteiger partial charge in [0.05, 0.1) is 18.5 Å². The zero-order valence-electron chi connectivity index (χ0n) is 12.4. The number of benzene rings is 1. The standard InChI is InChI=1S/C14H18N6O2/c1-3-4-13(21)18-10-6-5-9(7-12(10)22-2)19-20-11(8-15)14(16)17/h5-7,19H,3-4H2,1-2H3,(H3,16,17)(H,18,21)/b20-11+. The number of rotatable bonds is 7. The Bertz CT molecular complexity index is 633. The molecule has 8 heteroatoms. The Labute approximate surface area is 128 Å². The van der Waals surface area contributed by atoms with Crippen molar-refractivity contribution in [1.29, 1.82) is 10.7 Å². The van der Waals surface area contributed by atoms with E-state index in [2.05, 4.69) is 15.8 Å². The topological polar surface area (TPSA) is 136 Å². The maximum absolute atomic E-state index is 11.6. The molecule has 22 heavy (non-hydrogen) atoms. The fraction of sp³-hybridized carbons (Fsp3) is 0.286. The largest absolute Gasteiger partial charge is 0.494 e. The number of nitrogens with zero attached hydrogens (tertiary/aromatic N) is 2. The lowest BCUT2D eigenvalue weighted by Gasteiger charge is -2.11. The highest BCUT2D eigenvalue weighted by Gasteiger charge is 2.08. The molecule has 8 nitrogen and oxygen atoms in total. The Balaban J connectivity index is 2.91. The van der Waals surface area contributed by atoms with Crippen LogP contribution in [0, 0.1) is 16.7 Å². The summed E-state index contributed by atoms with van der Waals surface area (Å²) in [6.45, 7) is 1.92. The van der Waals surface area contributed by atoms with Crippen LogP contribution in [-0.2, 0) is 4.79 Å². The summed E-state index contributed by atoms with van der Waals surface area (Å²) in [5, 5.41) is 22.4. The molecule has 0 saturated carbocycles. The molecule has 0 radical (unpaired) electrons. The molecular weight excluding hydrogens is 284 g/mol. The van der Waals surface area contributed by atoms with Gasteiger partial charge in [-0.25, -0.2) is 0 Å². The first-order valence-corrected chi connectivity index (χ1v) is 6.57. The number of carbonyl (C=O) groups is 1. The summed E-state index contributed by atoms with van der Waals surface area (Å²) in [5.74, 6) is -0.0701. The van der Waals surface area contributed by atoms with Crippen molar-refractivity contribution in [3.63, 3.8) is 0 Å². The van der Waals surface area contributed by atoms with Crippen LogP contribution < -0.4 is 21.2 Å². The Kier molecular flexibility index (Phi) is 6.37. The van der Waals surface area contributed by atoms with Crippen LogP contribution in [0.5, 0.6) is 5.75 Å². The number of anilines is 2. The number of nitrogens with one attached hydrogen (secondary N) is 3. The summed E-state index contributed by atoms with van der Waals surface area (Å²) in [5.41, 5.74) is 8.65. The summed E-state index contributed by atoms with van der Waals surface area (Å²) in [7, 11) is 1.48. The van der Waals surface area contributed by atoms with Crippen LogP contribution >= 0.6 is 0 Å². The van der Waals surface area contributed by atoms with Gasteiger partial charge in [-0.15, -0.1) is 0 Å². The van der Waals surface area contributed by atoms with Crippen molar-refractivity contribution in [2.45, 2.75) is 19.8 Å². The normalized spacial score (nSPS) is 10.5. The van der Waals surface area contributed by atoms with Crippen LogP contribution in [-0.4, -0.2) is 24.6 Å². The number of nitrogens with two attached hydrogens (primary N) is 1. The Hall–Kier alpha value is -3.08. The van der Waals surface area contributed by atoms with Gasteiger partial charge < -0.3 is 15.8 Å². The van der Waals surface area contributed by atoms with Crippen molar-refractivity contribution in [1.82, 2.24) is 0 Å². The van der Waals surface area contributed by atoms with Crippen molar-refractivity contribution >= 4 is 28.8 Å². The number of hydrazone groups is 1. The monoisotopic (exact) mass is 302 g/mol. The molecule has 0 saturated heterocycles. The molecule has 1 aromatic rings. The van der Waals surface area contributed by atoms with E-state index >= 15 is 0 Å². The highest BCUT2D eigenvalue weighted by molar-refractivity contribution is 6.45. The fourth-order valence-corrected chi connectivity index (χ4v) is 1.57. The van der Waals surface area contributed by atoms with Crippen LogP contribution in [0.2, 0.25) is 0 Å². The molecule has 1 rings (SSSR count). The van der Waals surface area contributed by atoms with Gasteiger partial charge in [0.2, 0.25) is 11.6 Å². The lowest BCUT2D eigenvalue weighted by atomic mass is 10.2. The number of hydrogen-bond donors (Lipinski definition) is 4. The first-order chi connectivity index (χ1) is 10.5. The molecule has 0 aliphatic heterocycles. The Morgan fingerprint density at radius 2 is 2.27 bits per heavy atom. The Morgan fingerprint density at radius 3 is 2.82 bits per heavy atom. The third-order valence-corrected chi connectivity index (χ3v) is 2.61. The average Bonchev–Trinajstić information content (AvgIpc) is 2.49. The molecule has 1 amide bonds. The molecule has 0 aliphatic carbocycles. The van der Waals surface area contributed by atoms with Crippen molar-refractivity contribution in [2.24, 2.45) is 10.8 Å². The minimum Gasteiger partial charge on any atom is -0.494 e. The predicted octanol–water partition coefficient (Wildman–Crippen LogP) is 1.66. The summed E-state index contributed by atoms with van der Waals surface area (Å²) < 4.78 is 5.21. The van der Waals surface area contributed by atoms with E-state index in [9.17, 15) is 4.79 Å². The number of carbonyl (C=O) groups excluding carboxylic acids is 1. The van der Waals surface area contributed by atoms with Crippen molar-refractivity contribution in [3.8, 4) is 11.8 Å². The third-order valence-electron chi connectivity index (χ3n) is 2.61. The van der Waals surface area contributed by atoms with E-state index in [0.717, 1.165) is 6.42 Å². The van der Waals surface area contributed by atoms with E-state index in [1.54, 1.807) is 24.3 Å². The maximum Gasteiger partial charge on any atom is 0.224 e. The molecule has 5 N–H and O–H groups in total. The van der Waals surface area contributed by atoms with Crippen molar-refractivity contribution in [2.75, 3.05) is 17.9 Å². The summed E-state index contributed by atoms with van der Waals surface area (Å²) in [4.78, 5) is 11.6. The molecule has 0 atom stereocenters. The van der Waals surface area contributed by atoms with Gasteiger partial charge in [-0.2, -0.15) is 10.4 Å². The molecule has 0 fully saturated rings. The van der Waals surface area contributed by atoms with Gasteiger partial charge in [-0.1, -0.05) is 6.92 Å². The molecule has 0 unspecified atom stereocenters. The zero-order valence-corrected chi connectivity index (χ0v) is 12.4. The van der Waals surface area contributed by atoms with Crippen molar-refractivity contribution in [3.05, 3.63) is 18.2 Å². The molecule has 1 aromatic carbocycles. The van der Waals surface area contributed by atoms with Gasteiger partial charge in [0.25, 0.3) is 0 Å². The van der Waals surface area contributed by atoms with Gasteiger partial charge in [-0.3, -0.25) is 15.6 Å². The van der Waals surface area contributed by atoms with Crippen LogP contribution in [0.25, 0.3) is 0 Å². The number of amidine groups is 1. The first kappa shape index (κ1) is 17.0. The number of nitriles is 1. The lowest BCUT2D eigenvalue weighted by Crippen LogP contribution is -2.21. The number of hydrogen-bond acceptors (Lipinski definition) is 6. The van der Waals surface area contributed by atoms with Crippen LogP contribution in [0.1, 0.15) is 19.8 Å². The van der Waals surface area contributed by atoms with Gasteiger partial charge >= 0.3 is 0 Å². The average molecular weight is 302 g/mol. The second-order valence-corrected chi connectivity index (χ2v) is 4.31. The van der Waals surface area contributed by atoms with Crippen LogP contribution in [0.15, 0.2) is 23.3 Å². The van der Waals surface area contributed by atoms with Crippen molar-refractivity contribution < 1.29 is 9.53 Å². The van der Waals surface area contributed by atoms with E-state index in [4.69, 9.17) is 21.1 Å². The van der Waals surface area contributed by atoms with Gasteiger partial charge in [-0.05, 0) is 18.6 Å². The summed E-state index contributed by atoms with van der Waals surface area (Å²) >= 11 is 0. The fourth-order valence-electron chi connectivity index (χ4n) is 1.57. The number of amides is 1. The van der Waals surface area contributed by atoms with E-state index in [0.29, 0.717) is 23.5 Å². The number of ether oxygens (including phenoxy) is 1. The minimum absolute atomic E-state index is 0.0946. The van der Waals surface area contributed by atoms with Gasteiger partial charge in [0.1, 0.15) is 11.8 Å². The highest BCUT2D eigenvalue weighted by Crippen LogP contribution is 2.28. The summed E-state index contributed by atoms with van der Waals surface area (Å²) in [6.07, 6.45) is 1.18. The molecule has 0 heterocycles. The van der Waals surface area contributed by atoms with E-state index in [1.807, 2.05) is 6.92 Å². The molecular formula is C14H18N6O2. The van der Waals surface area contributed by atoms with Gasteiger partial charge in [0, 0.05) is 12.5 Å². The van der Waals surface area contributed by atoms with E-state index in [1.165, 1.54) is 7.11 Å². The minimum atomic E-state index is -0.426. The second kappa shape index (κ2) is 8.26. The zero-order chi connectivity index (χ0) is 16.5. The van der Waals surface area contributed by atoms with E-state index < -0.39 is 5.84 Å². The quantitative estimate of drug-likeness (QED) is 0.345. The first-order valence-electron chi connectivity index (χ1n) is 6.57. The summed E-state index contributed by atoms with van der Waals surface area (Å²) in [6, 6.07) is 6.63. The van der Waals surface area contributed by atoms with E-state index in [-0.39, 0.29) is 11.6 Å². The molecule has 0 aliphatic rings. The molecule has 0 bridgehead atoms. The molecule has 0 aromatic heterocycles. The number of methoxy groups -OCH3 is 1. The second-order valence-electron chi connectivity index (χ2n) is 4.31. The smallest absolute Gasteiger partial charge is 0.224 e. The third kappa shape index (κ3) is 4.79. The molecule has 0 spiro atoms. The van der Waals surface area contributed by atoms with Gasteiger partial charge in [0.15, 0.2) is 5.84 Å². The maximum atomic E-state index is 11.6.